The van der Waals surface area contributed by atoms with E-state index in [1.807, 2.05) is 25.8 Å². The molecule has 0 radical (unpaired) electrons. The van der Waals surface area contributed by atoms with Crippen LogP contribution in [0.4, 0.5) is 28.9 Å². The van der Waals surface area contributed by atoms with E-state index in [1.54, 1.807) is 0 Å². The van der Waals surface area contributed by atoms with Gasteiger partial charge >= 0.3 is 6.18 Å². The molecular weight excluding hydrogens is 558 g/mol. The summed E-state index contributed by atoms with van der Waals surface area (Å²) in [5.41, 5.74) is -2.22. The Morgan fingerprint density at radius 3 is 2.40 bits per heavy atom. The molecule has 3 aliphatic heterocycles. The first kappa shape index (κ1) is 29.8. The van der Waals surface area contributed by atoms with E-state index in [1.165, 1.54) is 12.1 Å². The predicted molar refractivity (Wildman–Crippen MR) is 151 cm³/mol. The molecule has 10 nitrogen and oxygen atoms in total. The number of halogens is 4. The van der Waals surface area contributed by atoms with Crippen LogP contribution in [0.2, 0.25) is 0 Å². The average Bonchev–Trinajstić information content (AvgIpc) is 2.96. The molecular formula is C28H35F4N7O3. The fraction of sp³-hybridized carbons (Fsp3) is 0.536. The van der Waals surface area contributed by atoms with Crippen molar-refractivity contribution in [2.45, 2.75) is 38.0 Å². The van der Waals surface area contributed by atoms with Crippen LogP contribution in [0.1, 0.15) is 41.3 Å². The normalized spacial score (nSPS) is 23.8. The minimum atomic E-state index is -4.93. The molecule has 0 saturated carbocycles. The van der Waals surface area contributed by atoms with Crippen LogP contribution in [0, 0.1) is 5.82 Å². The van der Waals surface area contributed by atoms with Crippen LogP contribution in [0.15, 0.2) is 34.2 Å². The molecule has 14 heteroatoms. The first-order valence-electron chi connectivity index (χ1n) is 13.9. The van der Waals surface area contributed by atoms with Gasteiger partial charge in [0.25, 0.3) is 5.91 Å². The van der Waals surface area contributed by atoms with Crippen molar-refractivity contribution in [1.82, 2.24) is 20.1 Å². The van der Waals surface area contributed by atoms with Gasteiger partial charge in [0.15, 0.2) is 5.96 Å². The van der Waals surface area contributed by atoms with Crippen molar-refractivity contribution in [2.24, 2.45) is 4.99 Å². The molecule has 0 spiro atoms. The number of nitrogens with one attached hydrogen (secondary N) is 3. The minimum Gasteiger partial charge on any atom is -0.378 e. The van der Waals surface area contributed by atoms with Crippen molar-refractivity contribution in [3.63, 3.8) is 0 Å². The van der Waals surface area contributed by atoms with E-state index in [2.05, 4.69) is 30.4 Å². The Labute approximate surface area is 240 Å². The molecule has 3 N–H and O–H groups in total. The average molecular weight is 594 g/mol. The molecule has 1 aromatic carbocycles. The number of likely N-dealkylation sites (N-methyl/N-ethyl adjacent to an activating group) is 1. The van der Waals surface area contributed by atoms with Crippen LogP contribution in [0.3, 0.4) is 0 Å². The van der Waals surface area contributed by atoms with Crippen molar-refractivity contribution in [3.8, 4) is 0 Å². The third kappa shape index (κ3) is 6.24. The Bertz CT molecular complexity index is 1390. The lowest BCUT2D eigenvalue weighted by Gasteiger charge is -2.44. The number of aliphatic imine (C=N–C) groups is 1. The third-order valence-electron chi connectivity index (χ3n) is 8.26. The van der Waals surface area contributed by atoms with Crippen molar-refractivity contribution in [1.29, 1.82) is 0 Å². The number of ether oxygens (including phenoxy) is 1. The first-order chi connectivity index (χ1) is 19.9. The maximum atomic E-state index is 15.8. The molecule has 228 valence electrons. The van der Waals surface area contributed by atoms with Gasteiger partial charge in [0, 0.05) is 63.0 Å². The topological polar surface area (TPSA) is 105 Å². The molecule has 2 saturated heterocycles. The fourth-order valence-corrected chi connectivity index (χ4v) is 5.67. The summed E-state index contributed by atoms with van der Waals surface area (Å²) in [4.78, 5) is 37.9. The smallest absolute Gasteiger partial charge is 0.378 e. The van der Waals surface area contributed by atoms with E-state index in [9.17, 15) is 22.8 Å². The zero-order valence-corrected chi connectivity index (χ0v) is 23.7. The lowest BCUT2D eigenvalue weighted by Crippen LogP contribution is -2.55. The molecule has 4 heterocycles. The zero-order valence-electron chi connectivity index (χ0n) is 23.7. The number of guanidine groups is 1. The summed E-state index contributed by atoms with van der Waals surface area (Å²) in [5.74, 6) is -1.21. The number of benzene rings is 1. The van der Waals surface area contributed by atoms with Crippen LogP contribution < -0.4 is 21.1 Å². The monoisotopic (exact) mass is 593 g/mol. The van der Waals surface area contributed by atoms with Crippen molar-refractivity contribution in [3.05, 3.63) is 57.3 Å². The molecule has 5 rings (SSSR count). The minimum absolute atomic E-state index is 0.103. The molecule has 2 aromatic rings. The summed E-state index contributed by atoms with van der Waals surface area (Å²) >= 11 is 0. The summed E-state index contributed by atoms with van der Waals surface area (Å²) in [5, 5.41) is 5.87. The number of anilines is 2. The van der Waals surface area contributed by atoms with Gasteiger partial charge in [0.1, 0.15) is 5.82 Å². The number of morpholine rings is 1. The molecule has 1 amide bonds. The number of nitrogens with zero attached hydrogens (tertiary/aromatic N) is 4. The van der Waals surface area contributed by atoms with Crippen molar-refractivity contribution in [2.75, 3.05) is 69.7 Å². The Morgan fingerprint density at radius 1 is 1.10 bits per heavy atom. The summed E-state index contributed by atoms with van der Waals surface area (Å²) < 4.78 is 62.3. The number of carbonyl (C=O) groups excluding carboxylic acids is 1. The molecule has 0 aliphatic carbocycles. The Balaban J connectivity index is 1.49. The summed E-state index contributed by atoms with van der Waals surface area (Å²) in [7, 11) is 2.00. The molecule has 3 unspecified atom stereocenters. The molecule has 1 aromatic heterocycles. The largest absolute Gasteiger partial charge is 0.417 e. The number of pyridine rings is 1. The van der Waals surface area contributed by atoms with Gasteiger partial charge in [-0.15, -0.1) is 0 Å². The highest BCUT2D eigenvalue weighted by Gasteiger charge is 2.37. The first-order valence-corrected chi connectivity index (χ1v) is 13.9. The fourth-order valence-electron chi connectivity index (χ4n) is 5.67. The number of aromatic amines is 1. The summed E-state index contributed by atoms with van der Waals surface area (Å²) in [6, 6.07) is 3.40. The van der Waals surface area contributed by atoms with Gasteiger partial charge in [0.05, 0.1) is 42.3 Å². The number of rotatable bonds is 4. The molecule has 3 atom stereocenters. The zero-order chi connectivity index (χ0) is 30.2. The maximum Gasteiger partial charge on any atom is 0.417 e. The van der Waals surface area contributed by atoms with Crippen molar-refractivity contribution < 1.29 is 27.1 Å². The van der Waals surface area contributed by atoms with Gasteiger partial charge in [-0.05, 0) is 38.6 Å². The number of hydrogen-bond acceptors (Lipinski definition) is 8. The highest BCUT2D eigenvalue weighted by Crippen LogP contribution is 2.36. The van der Waals surface area contributed by atoms with E-state index in [-0.39, 0.29) is 23.7 Å². The second-order valence-corrected chi connectivity index (χ2v) is 11.1. The Hall–Kier alpha value is -3.65. The lowest BCUT2D eigenvalue weighted by atomic mass is 9.95. The molecule has 3 aliphatic rings. The maximum absolute atomic E-state index is 15.8. The van der Waals surface area contributed by atoms with Crippen LogP contribution in [-0.4, -0.2) is 98.3 Å². The second kappa shape index (κ2) is 11.9. The van der Waals surface area contributed by atoms with Gasteiger partial charge in [0.2, 0.25) is 5.56 Å². The molecule has 42 heavy (non-hydrogen) atoms. The predicted octanol–water partition coefficient (Wildman–Crippen LogP) is 2.69. The van der Waals surface area contributed by atoms with Gasteiger partial charge in [-0.1, -0.05) is 0 Å². The number of alkyl halides is 3. The Morgan fingerprint density at radius 2 is 1.79 bits per heavy atom. The van der Waals surface area contributed by atoms with Gasteiger partial charge in [-0.3, -0.25) is 19.5 Å². The molecule has 2 fully saturated rings. The second-order valence-electron chi connectivity index (χ2n) is 11.1. The highest BCUT2D eigenvalue weighted by atomic mass is 19.4. The highest BCUT2D eigenvalue weighted by molar-refractivity contribution is 6.07. The number of carbonyl (C=O) groups is 1. The van der Waals surface area contributed by atoms with E-state index in [0.717, 1.165) is 12.2 Å². The number of amides is 1. The Kier molecular flexibility index (Phi) is 8.46. The lowest BCUT2D eigenvalue weighted by molar-refractivity contribution is -0.138. The number of hydrogen-bond donors (Lipinski definition) is 3. The number of H-pyrrole nitrogens is 1. The van der Waals surface area contributed by atoms with Crippen LogP contribution in [0.25, 0.3) is 0 Å². The van der Waals surface area contributed by atoms with Gasteiger partial charge in [-0.2, -0.15) is 13.2 Å². The van der Waals surface area contributed by atoms with Crippen LogP contribution in [-0.2, 0) is 10.9 Å². The van der Waals surface area contributed by atoms with E-state index in [0.29, 0.717) is 69.8 Å². The van der Waals surface area contributed by atoms with Crippen LogP contribution >= 0.6 is 0 Å². The van der Waals surface area contributed by atoms with Gasteiger partial charge in [-0.25, -0.2) is 4.39 Å². The summed E-state index contributed by atoms with van der Waals surface area (Å²) in [6.07, 6.45) is -4.18. The quantitative estimate of drug-likeness (QED) is 0.469. The van der Waals surface area contributed by atoms with E-state index in [4.69, 9.17) is 4.74 Å². The number of piperazine rings is 1. The summed E-state index contributed by atoms with van der Waals surface area (Å²) in [6.45, 7) is 8.37. The van der Waals surface area contributed by atoms with Gasteiger partial charge < -0.3 is 30.2 Å². The third-order valence-corrected chi connectivity index (χ3v) is 8.26. The standard InChI is InChI=1S/C28H35F4N7O3/c1-16-14-39(15-17(2)37(16)3)24-10-22(29)19(18-11-34-27(35-12-18)38-4-6-42-7-5-38)8-23(24)36-26(41)20-13-33-25(40)9-21(20)28(30,31)32/h8-10,13,16-18H,4-7,11-12,14-15H2,1-3H3,(H,33,40)(H,34,35)(H,36,41). The number of aromatic nitrogens is 1. The SMILES string of the molecule is CC1CN(c2cc(F)c(C3CN=C(N4CCOCC4)NC3)cc2NC(=O)c2c[nH]c(=O)cc2C(F)(F)F)CC(C)N1C. The van der Waals surface area contributed by atoms with E-state index < -0.39 is 34.6 Å². The van der Waals surface area contributed by atoms with E-state index >= 15 is 4.39 Å². The van der Waals surface area contributed by atoms with Crippen molar-refractivity contribution >= 4 is 23.2 Å². The molecule has 0 bridgehead atoms. The van der Waals surface area contributed by atoms with Crippen LogP contribution in [0.5, 0.6) is 0 Å².